The Labute approximate surface area is 182 Å². The Kier molecular flexibility index (Phi) is 9.02. The molecule has 4 heteroatoms. The van der Waals surface area contributed by atoms with Gasteiger partial charge in [0.15, 0.2) is 0 Å². The van der Waals surface area contributed by atoms with Gasteiger partial charge in [-0.3, -0.25) is 0 Å². The molecule has 0 aliphatic heterocycles. The molecule has 0 aromatic rings. The highest BCUT2D eigenvalue weighted by atomic mass is 16.5. The molecule has 3 rings (SSSR count). The second kappa shape index (κ2) is 11.7. The number of carbonyl (C=O) groups is 2. The van der Waals surface area contributed by atoms with Gasteiger partial charge in [0.25, 0.3) is 0 Å². The molecular weight excluding hydrogens is 376 g/mol. The molecule has 0 N–H and O–H groups in total. The van der Waals surface area contributed by atoms with E-state index in [0.29, 0.717) is 25.0 Å². The normalized spacial score (nSPS) is 34.6. The summed E-state index contributed by atoms with van der Waals surface area (Å²) in [5.74, 6) is 4.19. The summed E-state index contributed by atoms with van der Waals surface area (Å²) in [6.45, 7) is 4.59. The van der Waals surface area contributed by atoms with E-state index in [2.05, 4.69) is 12.2 Å². The zero-order chi connectivity index (χ0) is 21.3. The molecule has 168 valence electrons. The third-order valence-electron chi connectivity index (χ3n) is 7.76. The zero-order valence-corrected chi connectivity index (χ0v) is 18.9. The van der Waals surface area contributed by atoms with Crippen molar-refractivity contribution in [3.63, 3.8) is 0 Å². The van der Waals surface area contributed by atoms with Crippen LogP contribution >= 0.6 is 0 Å². The van der Waals surface area contributed by atoms with E-state index in [1.54, 1.807) is 12.2 Å². The summed E-state index contributed by atoms with van der Waals surface area (Å²) in [7, 11) is 0. The predicted octanol–water partition coefficient (Wildman–Crippen LogP) is 5.86. The van der Waals surface area contributed by atoms with Crippen molar-refractivity contribution in [2.24, 2.45) is 35.5 Å². The summed E-state index contributed by atoms with van der Waals surface area (Å²) in [6.07, 6.45) is 20.4. The molecule has 3 aliphatic rings. The van der Waals surface area contributed by atoms with Gasteiger partial charge in [-0.2, -0.15) is 0 Å². The van der Waals surface area contributed by atoms with Crippen molar-refractivity contribution in [3.05, 3.63) is 24.3 Å². The maximum atomic E-state index is 11.6. The van der Waals surface area contributed by atoms with Gasteiger partial charge in [0.2, 0.25) is 0 Å². The molecule has 3 fully saturated rings. The number of fused-ring (bicyclic) bond motifs is 1. The molecule has 0 amide bonds. The van der Waals surface area contributed by atoms with Gasteiger partial charge in [0, 0.05) is 12.2 Å². The molecule has 0 spiro atoms. The maximum Gasteiger partial charge on any atom is 0.330 e. The summed E-state index contributed by atoms with van der Waals surface area (Å²) in [5.41, 5.74) is 0. The third-order valence-corrected chi connectivity index (χ3v) is 7.76. The molecule has 4 nitrogen and oxygen atoms in total. The van der Waals surface area contributed by atoms with Crippen LogP contribution in [0.25, 0.3) is 0 Å². The molecule has 0 aromatic carbocycles. The highest BCUT2D eigenvalue weighted by Crippen LogP contribution is 2.49. The Balaban J connectivity index is 1.40. The summed E-state index contributed by atoms with van der Waals surface area (Å²) in [6, 6.07) is 0. The van der Waals surface area contributed by atoms with E-state index in [1.807, 2.05) is 13.8 Å². The van der Waals surface area contributed by atoms with Crippen LogP contribution in [0, 0.1) is 35.5 Å². The lowest BCUT2D eigenvalue weighted by atomic mass is 9.61. The SMILES string of the molecule is CCOC(=O)/C=C/C1CCC(C2CCC3CC(/C=C/C(=O)OCC)CCC3C2)CC1. The predicted molar refractivity (Wildman–Crippen MR) is 119 cm³/mol. The molecule has 0 aromatic heterocycles. The van der Waals surface area contributed by atoms with Crippen LogP contribution < -0.4 is 0 Å². The molecule has 3 aliphatic carbocycles. The van der Waals surface area contributed by atoms with Gasteiger partial charge in [0.05, 0.1) is 13.2 Å². The Bertz CT molecular complexity index is 612. The lowest BCUT2D eigenvalue weighted by Gasteiger charge is -2.45. The number of hydrogen-bond acceptors (Lipinski definition) is 4. The number of rotatable bonds is 7. The molecule has 30 heavy (non-hydrogen) atoms. The minimum Gasteiger partial charge on any atom is -0.463 e. The first-order chi connectivity index (χ1) is 14.6. The number of ether oxygens (including phenoxy) is 2. The van der Waals surface area contributed by atoms with E-state index >= 15 is 0 Å². The molecule has 4 atom stereocenters. The average molecular weight is 417 g/mol. The second-order valence-corrected chi connectivity index (χ2v) is 9.56. The van der Waals surface area contributed by atoms with Gasteiger partial charge < -0.3 is 9.47 Å². The highest BCUT2D eigenvalue weighted by molar-refractivity contribution is 5.82. The van der Waals surface area contributed by atoms with Gasteiger partial charge in [-0.25, -0.2) is 9.59 Å². The lowest BCUT2D eigenvalue weighted by molar-refractivity contribution is -0.138. The minimum atomic E-state index is -0.203. The van der Waals surface area contributed by atoms with Gasteiger partial charge in [-0.05, 0) is 114 Å². The van der Waals surface area contributed by atoms with Crippen LogP contribution in [0.3, 0.4) is 0 Å². The van der Waals surface area contributed by atoms with Crippen LogP contribution in [0.4, 0.5) is 0 Å². The zero-order valence-electron chi connectivity index (χ0n) is 18.9. The van der Waals surface area contributed by atoms with Gasteiger partial charge in [-0.15, -0.1) is 0 Å². The minimum absolute atomic E-state index is 0.198. The van der Waals surface area contributed by atoms with Gasteiger partial charge in [0.1, 0.15) is 0 Å². The standard InChI is InChI=1S/C26H40O4/c1-3-29-25(27)15-8-19-5-10-21(11-6-19)23-14-13-22-17-20(7-12-24(22)18-23)9-16-26(28)30-4-2/h8-9,15-16,19-24H,3-7,10-14,17-18H2,1-2H3/b15-8+,16-9+. The fourth-order valence-electron chi connectivity index (χ4n) is 6.18. The largest absolute Gasteiger partial charge is 0.463 e. The average Bonchev–Trinajstić information content (AvgIpc) is 2.76. The second-order valence-electron chi connectivity index (χ2n) is 9.56. The summed E-state index contributed by atoms with van der Waals surface area (Å²) in [4.78, 5) is 23.1. The first-order valence-corrected chi connectivity index (χ1v) is 12.3. The van der Waals surface area contributed by atoms with E-state index in [1.165, 1.54) is 64.2 Å². The van der Waals surface area contributed by atoms with Crippen molar-refractivity contribution in [1.82, 2.24) is 0 Å². The van der Waals surface area contributed by atoms with Crippen molar-refractivity contribution in [2.75, 3.05) is 13.2 Å². The molecule has 0 saturated heterocycles. The van der Waals surface area contributed by atoms with Crippen molar-refractivity contribution in [2.45, 2.75) is 78.1 Å². The topological polar surface area (TPSA) is 52.6 Å². The quantitative estimate of drug-likeness (QED) is 0.385. The van der Waals surface area contributed by atoms with E-state index < -0.39 is 0 Å². The maximum absolute atomic E-state index is 11.6. The van der Waals surface area contributed by atoms with Crippen LogP contribution in [-0.2, 0) is 19.1 Å². The Hall–Kier alpha value is -1.58. The van der Waals surface area contributed by atoms with Crippen molar-refractivity contribution < 1.29 is 19.1 Å². The molecule has 0 radical (unpaired) electrons. The molecule has 4 unspecified atom stereocenters. The van der Waals surface area contributed by atoms with Crippen LogP contribution in [0.5, 0.6) is 0 Å². The summed E-state index contributed by atoms with van der Waals surface area (Å²) < 4.78 is 10.0. The molecular formula is C26H40O4. The van der Waals surface area contributed by atoms with Gasteiger partial charge in [-0.1, -0.05) is 12.2 Å². The van der Waals surface area contributed by atoms with E-state index in [0.717, 1.165) is 23.7 Å². The fraction of sp³-hybridized carbons (Fsp3) is 0.769. The molecule has 3 saturated carbocycles. The molecule has 0 bridgehead atoms. The Morgan fingerprint density at radius 1 is 0.633 bits per heavy atom. The number of allylic oxidation sites excluding steroid dienone is 2. The van der Waals surface area contributed by atoms with Gasteiger partial charge >= 0.3 is 11.9 Å². The Morgan fingerprint density at radius 2 is 1.07 bits per heavy atom. The molecule has 0 heterocycles. The van der Waals surface area contributed by atoms with Crippen LogP contribution in [0.15, 0.2) is 24.3 Å². The number of esters is 2. The van der Waals surface area contributed by atoms with E-state index in [4.69, 9.17) is 9.47 Å². The van der Waals surface area contributed by atoms with Crippen LogP contribution in [0.1, 0.15) is 78.1 Å². The number of hydrogen-bond donors (Lipinski definition) is 0. The van der Waals surface area contributed by atoms with E-state index in [-0.39, 0.29) is 11.9 Å². The summed E-state index contributed by atoms with van der Waals surface area (Å²) >= 11 is 0. The number of carbonyl (C=O) groups excluding carboxylic acids is 2. The Morgan fingerprint density at radius 3 is 1.67 bits per heavy atom. The lowest BCUT2D eigenvalue weighted by Crippen LogP contribution is -2.34. The smallest absolute Gasteiger partial charge is 0.330 e. The van der Waals surface area contributed by atoms with Crippen LogP contribution in [-0.4, -0.2) is 25.2 Å². The first kappa shape index (κ1) is 23.1. The van der Waals surface area contributed by atoms with Crippen molar-refractivity contribution in [1.29, 1.82) is 0 Å². The first-order valence-electron chi connectivity index (χ1n) is 12.3. The van der Waals surface area contributed by atoms with Crippen molar-refractivity contribution >= 4 is 11.9 Å². The van der Waals surface area contributed by atoms with E-state index in [9.17, 15) is 9.59 Å². The highest BCUT2D eigenvalue weighted by Gasteiger charge is 2.38. The fourth-order valence-corrected chi connectivity index (χ4v) is 6.18. The summed E-state index contributed by atoms with van der Waals surface area (Å²) in [5, 5.41) is 0. The third kappa shape index (κ3) is 6.72. The monoisotopic (exact) mass is 416 g/mol. The van der Waals surface area contributed by atoms with Crippen molar-refractivity contribution in [3.8, 4) is 0 Å². The van der Waals surface area contributed by atoms with Crippen LogP contribution in [0.2, 0.25) is 0 Å².